The Hall–Kier alpha value is -0.940. The van der Waals surface area contributed by atoms with E-state index in [0.717, 1.165) is 5.69 Å². The molecular weight excluding hydrogens is 210 g/mol. The lowest BCUT2D eigenvalue weighted by atomic mass is 10.1. The average molecular weight is 227 g/mol. The van der Waals surface area contributed by atoms with Crippen molar-refractivity contribution in [3.8, 4) is 0 Å². The van der Waals surface area contributed by atoms with Crippen molar-refractivity contribution in [3.05, 3.63) is 11.1 Å². The summed E-state index contributed by atoms with van der Waals surface area (Å²) >= 11 is 1.44. The Morgan fingerprint density at radius 1 is 1.53 bits per heavy atom. The summed E-state index contributed by atoms with van der Waals surface area (Å²) < 4.78 is 0. The molecule has 0 aliphatic heterocycles. The highest BCUT2D eigenvalue weighted by Crippen LogP contribution is 2.13. The molecule has 0 aliphatic carbocycles. The Labute approximate surface area is 94.1 Å². The first-order valence-corrected chi connectivity index (χ1v) is 5.72. The van der Waals surface area contributed by atoms with Crippen molar-refractivity contribution in [2.24, 2.45) is 0 Å². The summed E-state index contributed by atoms with van der Waals surface area (Å²) in [7, 11) is 0. The summed E-state index contributed by atoms with van der Waals surface area (Å²) in [4.78, 5) is 15.6. The molecule has 15 heavy (non-hydrogen) atoms. The van der Waals surface area contributed by atoms with Gasteiger partial charge in [-0.05, 0) is 27.7 Å². The number of aryl methyl sites for hydroxylation is 1. The number of anilines is 1. The van der Waals surface area contributed by atoms with Gasteiger partial charge in [-0.1, -0.05) is 0 Å². The number of carbonyl (C=O) groups is 1. The highest BCUT2D eigenvalue weighted by Gasteiger charge is 2.11. The van der Waals surface area contributed by atoms with Crippen LogP contribution in [0.2, 0.25) is 0 Å². The molecule has 0 saturated heterocycles. The fraction of sp³-hybridized carbons (Fsp3) is 0.600. The quantitative estimate of drug-likeness (QED) is 0.827. The molecule has 0 saturated carbocycles. The van der Waals surface area contributed by atoms with Gasteiger partial charge in [0.1, 0.15) is 0 Å². The summed E-state index contributed by atoms with van der Waals surface area (Å²) in [6, 6.07) is 0. The van der Waals surface area contributed by atoms with Gasteiger partial charge in [-0.3, -0.25) is 4.79 Å². The summed E-state index contributed by atoms with van der Waals surface area (Å²) in [5.41, 5.74) is 0.884. The van der Waals surface area contributed by atoms with Crippen molar-refractivity contribution < 1.29 is 4.79 Å². The zero-order valence-corrected chi connectivity index (χ0v) is 10.4. The number of nitrogens with one attached hydrogen (secondary N) is 2. The van der Waals surface area contributed by atoms with Crippen LogP contribution >= 0.6 is 11.3 Å². The van der Waals surface area contributed by atoms with Crippen LogP contribution in [0.3, 0.4) is 0 Å². The molecular formula is C10H17N3OS. The van der Waals surface area contributed by atoms with Crippen LogP contribution in [0.4, 0.5) is 5.13 Å². The number of nitrogens with zero attached hydrogens (tertiary/aromatic N) is 1. The minimum absolute atomic E-state index is 0.0455. The van der Waals surface area contributed by atoms with E-state index in [1.807, 2.05) is 33.1 Å². The molecule has 84 valence electrons. The minimum Gasteiger partial charge on any atom is -0.304 e. The zero-order chi connectivity index (χ0) is 11.5. The lowest BCUT2D eigenvalue weighted by Crippen LogP contribution is -2.41. The first kappa shape index (κ1) is 12.1. The van der Waals surface area contributed by atoms with Gasteiger partial charge in [0.05, 0.1) is 12.2 Å². The van der Waals surface area contributed by atoms with E-state index in [1.165, 1.54) is 11.3 Å². The van der Waals surface area contributed by atoms with Gasteiger partial charge in [0.25, 0.3) is 0 Å². The number of hydrogen-bond acceptors (Lipinski definition) is 4. The van der Waals surface area contributed by atoms with Crippen LogP contribution in [-0.4, -0.2) is 23.0 Å². The average Bonchev–Trinajstić information content (AvgIpc) is 2.47. The van der Waals surface area contributed by atoms with Gasteiger partial charge >= 0.3 is 0 Å². The van der Waals surface area contributed by atoms with E-state index >= 15 is 0 Å². The maximum atomic E-state index is 11.5. The van der Waals surface area contributed by atoms with Crippen LogP contribution in [0.25, 0.3) is 0 Å². The highest BCUT2D eigenvalue weighted by atomic mass is 32.1. The smallest absolute Gasteiger partial charge is 0.240 e. The molecule has 2 N–H and O–H groups in total. The van der Waals surface area contributed by atoms with Gasteiger partial charge in [0.15, 0.2) is 5.13 Å². The van der Waals surface area contributed by atoms with E-state index in [0.29, 0.717) is 11.7 Å². The maximum absolute atomic E-state index is 11.5. The second-order valence-electron chi connectivity index (χ2n) is 4.45. The Morgan fingerprint density at radius 3 is 2.67 bits per heavy atom. The van der Waals surface area contributed by atoms with Gasteiger partial charge < -0.3 is 10.6 Å². The topological polar surface area (TPSA) is 54.0 Å². The Kier molecular flexibility index (Phi) is 3.82. The van der Waals surface area contributed by atoms with E-state index in [4.69, 9.17) is 0 Å². The fourth-order valence-corrected chi connectivity index (χ4v) is 1.62. The molecule has 0 fully saturated rings. The third-order valence-corrected chi connectivity index (χ3v) is 2.52. The molecule has 0 radical (unpaired) electrons. The van der Waals surface area contributed by atoms with E-state index in [1.54, 1.807) is 0 Å². The minimum atomic E-state index is -0.0562. The molecule has 1 aromatic heterocycles. The van der Waals surface area contributed by atoms with Crippen molar-refractivity contribution >= 4 is 22.4 Å². The Morgan fingerprint density at radius 2 is 2.20 bits per heavy atom. The Bertz CT molecular complexity index is 341. The van der Waals surface area contributed by atoms with Crippen molar-refractivity contribution in [1.82, 2.24) is 10.3 Å². The molecule has 1 aromatic rings. The lowest BCUT2D eigenvalue weighted by Gasteiger charge is -2.19. The largest absolute Gasteiger partial charge is 0.304 e. The molecule has 0 aromatic carbocycles. The molecule has 1 amide bonds. The molecule has 0 aliphatic rings. The van der Waals surface area contributed by atoms with Crippen LogP contribution in [0.15, 0.2) is 5.38 Å². The van der Waals surface area contributed by atoms with Crippen LogP contribution in [-0.2, 0) is 4.79 Å². The highest BCUT2D eigenvalue weighted by molar-refractivity contribution is 7.13. The van der Waals surface area contributed by atoms with Crippen molar-refractivity contribution in [1.29, 1.82) is 0 Å². The van der Waals surface area contributed by atoms with E-state index in [9.17, 15) is 4.79 Å². The summed E-state index contributed by atoms with van der Waals surface area (Å²) in [6.45, 7) is 8.27. The number of hydrogen-bond donors (Lipinski definition) is 2. The maximum Gasteiger partial charge on any atom is 0.240 e. The van der Waals surface area contributed by atoms with Crippen LogP contribution in [0.5, 0.6) is 0 Å². The van der Waals surface area contributed by atoms with E-state index in [2.05, 4.69) is 15.6 Å². The lowest BCUT2D eigenvalue weighted by molar-refractivity contribution is -0.115. The third-order valence-electron chi connectivity index (χ3n) is 1.64. The van der Waals surface area contributed by atoms with Crippen molar-refractivity contribution in [2.45, 2.75) is 33.2 Å². The van der Waals surface area contributed by atoms with Crippen LogP contribution in [0, 0.1) is 6.92 Å². The molecule has 1 heterocycles. The number of carbonyl (C=O) groups excluding carboxylic acids is 1. The predicted molar refractivity (Wildman–Crippen MR) is 63.2 cm³/mol. The van der Waals surface area contributed by atoms with Gasteiger partial charge in [-0.25, -0.2) is 4.98 Å². The predicted octanol–water partition coefficient (Wildman–Crippen LogP) is 1.78. The van der Waals surface area contributed by atoms with Gasteiger partial charge in [0.2, 0.25) is 5.91 Å². The summed E-state index contributed by atoms with van der Waals surface area (Å²) in [6.07, 6.45) is 0. The molecule has 0 unspecified atom stereocenters. The van der Waals surface area contributed by atoms with Crippen LogP contribution in [0.1, 0.15) is 26.5 Å². The van der Waals surface area contributed by atoms with Crippen LogP contribution < -0.4 is 10.6 Å². The van der Waals surface area contributed by atoms with Gasteiger partial charge in [-0.2, -0.15) is 0 Å². The van der Waals surface area contributed by atoms with E-state index in [-0.39, 0.29) is 11.4 Å². The molecule has 1 rings (SSSR count). The molecule has 0 spiro atoms. The monoisotopic (exact) mass is 227 g/mol. The van der Waals surface area contributed by atoms with Gasteiger partial charge in [-0.15, -0.1) is 11.3 Å². The Balaban J connectivity index is 2.37. The van der Waals surface area contributed by atoms with Crippen molar-refractivity contribution in [3.63, 3.8) is 0 Å². The standard InChI is InChI=1S/C10H17N3OS/c1-7-6-15-9(12-7)13-8(14)5-11-10(2,3)4/h6,11H,5H2,1-4H3,(H,12,13,14). The molecule has 4 nitrogen and oxygen atoms in total. The molecule has 0 bridgehead atoms. The van der Waals surface area contributed by atoms with E-state index < -0.39 is 0 Å². The number of thiazole rings is 1. The number of rotatable bonds is 3. The third kappa shape index (κ3) is 4.90. The van der Waals surface area contributed by atoms with Crippen molar-refractivity contribution in [2.75, 3.05) is 11.9 Å². The van der Waals surface area contributed by atoms with Gasteiger partial charge in [0, 0.05) is 10.9 Å². The SMILES string of the molecule is Cc1csc(NC(=O)CNC(C)(C)C)n1. The second-order valence-corrected chi connectivity index (χ2v) is 5.30. The second kappa shape index (κ2) is 4.72. The first-order chi connectivity index (χ1) is 6.87. The normalized spacial score (nSPS) is 11.5. The molecule has 5 heteroatoms. The fourth-order valence-electron chi connectivity index (χ4n) is 0.920. The summed E-state index contributed by atoms with van der Waals surface area (Å²) in [5.74, 6) is -0.0562. The summed E-state index contributed by atoms with van der Waals surface area (Å²) in [5, 5.41) is 8.42. The number of aromatic nitrogens is 1. The molecule has 0 atom stereocenters. The first-order valence-electron chi connectivity index (χ1n) is 4.84. The number of amides is 1. The zero-order valence-electron chi connectivity index (χ0n) is 9.55.